The molecule has 0 aliphatic carbocycles. The van der Waals surface area contributed by atoms with Crippen molar-refractivity contribution in [3.8, 4) is 0 Å². The summed E-state index contributed by atoms with van der Waals surface area (Å²) in [5, 5.41) is 0. The Kier molecular flexibility index (Phi) is 5.96. The van der Waals surface area contributed by atoms with Crippen LogP contribution in [0.4, 0.5) is 40.7 Å². The Hall–Kier alpha value is -3.16. The fourth-order valence-corrected chi connectivity index (χ4v) is 2.97. The van der Waals surface area contributed by atoms with Gasteiger partial charge in [-0.15, -0.1) is 0 Å². The van der Waals surface area contributed by atoms with Crippen LogP contribution in [0.25, 0.3) is 0 Å². The lowest BCUT2D eigenvalue weighted by Gasteiger charge is -2.25. The minimum absolute atomic E-state index is 0.0651. The smallest absolute Gasteiger partial charge is 0.329 e. The van der Waals surface area contributed by atoms with Crippen LogP contribution < -0.4 is 9.80 Å². The van der Waals surface area contributed by atoms with Gasteiger partial charge < -0.3 is 9.80 Å². The van der Waals surface area contributed by atoms with Crippen molar-refractivity contribution in [2.45, 2.75) is 25.9 Å². The van der Waals surface area contributed by atoms with E-state index in [9.17, 15) is 17.6 Å². The van der Waals surface area contributed by atoms with E-state index in [1.54, 1.807) is 19.2 Å². The molecule has 0 radical (unpaired) electrons. The van der Waals surface area contributed by atoms with E-state index in [1.807, 2.05) is 26.0 Å². The predicted molar refractivity (Wildman–Crippen MR) is 110 cm³/mol. The van der Waals surface area contributed by atoms with Crippen LogP contribution in [0.2, 0.25) is 0 Å². The number of rotatable bonds is 5. The maximum atomic E-state index is 13.6. The summed E-state index contributed by atoms with van der Waals surface area (Å²) in [5.74, 6) is -0.301. The summed E-state index contributed by atoms with van der Waals surface area (Å²) in [4.78, 5) is 11.0. The third-order valence-electron chi connectivity index (χ3n) is 4.84. The molecular weight excluding hydrogens is 396 g/mol. The Bertz CT molecular complexity index is 999. The molecule has 0 N–H and O–H groups in total. The van der Waals surface area contributed by atoms with Crippen molar-refractivity contribution in [2.75, 3.05) is 23.9 Å². The summed E-state index contributed by atoms with van der Waals surface area (Å²) in [5.41, 5.74) is 1.27. The Labute approximate surface area is 172 Å². The van der Waals surface area contributed by atoms with E-state index in [-0.39, 0.29) is 11.8 Å². The second-order valence-corrected chi connectivity index (χ2v) is 7.25. The van der Waals surface area contributed by atoms with E-state index in [0.29, 0.717) is 17.3 Å². The number of anilines is 4. The van der Waals surface area contributed by atoms with Crippen molar-refractivity contribution < 1.29 is 17.6 Å². The average molecular weight is 418 g/mol. The van der Waals surface area contributed by atoms with Gasteiger partial charge in [0.1, 0.15) is 11.4 Å². The van der Waals surface area contributed by atoms with Crippen LogP contribution in [0.1, 0.15) is 30.9 Å². The number of hydrogen-bond donors (Lipinski definition) is 0. The van der Waals surface area contributed by atoms with Gasteiger partial charge in [-0.1, -0.05) is 26.0 Å². The first-order chi connectivity index (χ1) is 14.1. The maximum absolute atomic E-state index is 13.6. The van der Waals surface area contributed by atoms with Crippen LogP contribution in [0.3, 0.4) is 0 Å². The SMILES string of the molecule is CC(C)c1ccc(N(C)c2nc(N(C)c3ccc(F)cc3)ncc2C(F)(F)F)cc1. The highest BCUT2D eigenvalue weighted by Crippen LogP contribution is 2.38. The normalized spacial score (nSPS) is 11.6. The van der Waals surface area contributed by atoms with Gasteiger partial charge in [0, 0.05) is 31.7 Å². The van der Waals surface area contributed by atoms with E-state index >= 15 is 0 Å². The first kappa shape index (κ1) is 21.5. The standard InChI is InChI=1S/C22H22F4N4/c1-14(2)15-5-9-17(10-6-15)29(3)20-19(22(24,25)26)13-27-21(28-20)30(4)18-11-7-16(23)8-12-18/h5-14H,1-4H3. The third kappa shape index (κ3) is 4.53. The molecule has 0 saturated heterocycles. The molecule has 3 aromatic rings. The third-order valence-corrected chi connectivity index (χ3v) is 4.84. The van der Waals surface area contributed by atoms with Crippen LogP contribution in [0.5, 0.6) is 0 Å². The average Bonchev–Trinajstić information content (AvgIpc) is 2.72. The van der Waals surface area contributed by atoms with Crippen LogP contribution >= 0.6 is 0 Å². The van der Waals surface area contributed by atoms with Crippen molar-refractivity contribution >= 4 is 23.1 Å². The number of nitrogens with zero attached hydrogens (tertiary/aromatic N) is 4. The highest BCUT2D eigenvalue weighted by Gasteiger charge is 2.37. The lowest BCUT2D eigenvalue weighted by molar-refractivity contribution is -0.137. The largest absolute Gasteiger partial charge is 0.421 e. The summed E-state index contributed by atoms with van der Waals surface area (Å²) in [6.07, 6.45) is -3.84. The predicted octanol–water partition coefficient (Wildman–Crippen LogP) is 6.29. The first-order valence-electron chi connectivity index (χ1n) is 9.35. The van der Waals surface area contributed by atoms with Gasteiger partial charge in [0.05, 0.1) is 0 Å². The molecule has 0 amide bonds. The number of hydrogen-bond acceptors (Lipinski definition) is 4. The Morgan fingerprint density at radius 1 is 0.833 bits per heavy atom. The van der Waals surface area contributed by atoms with Gasteiger partial charge in [-0.2, -0.15) is 18.2 Å². The number of alkyl halides is 3. The van der Waals surface area contributed by atoms with Gasteiger partial charge in [-0.05, 0) is 47.9 Å². The summed E-state index contributed by atoms with van der Waals surface area (Å²) in [7, 11) is 3.14. The molecule has 0 spiro atoms. The van der Waals surface area contributed by atoms with Gasteiger partial charge in [0.2, 0.25) is 5.95 Å². The zero-order valence-corrected chi connectivity index (χ0v) is 17.1. The van der Waals surface area contributed by atoms with Crippen LogP contribution in [0, 0.1) is 5.82 Å². The molecule has 4 nitrogen and oxygen atoms in total. The molecule has 0 aliphatic rings. The molecule has 0 unspecified atom stereocenters. The van der Waals surface area contributed by atoms with E-state index in [2.05, 4.69) is 9.97 Å². The van der Waals surface area contributed by atoms with Crippen molar-refractivity contribution in [1.29, 1.82) is 0 Å². The van der Waals surface area contributed by atoms with E-state index in [0.717, 1.165) is 11.8 Å². The zero-order chi connectivity index (χ0) is 22.1. The molecule has 8 heteroatoms. The molecule has 30 heavy (non-hydrogen) atoms. The molecule has 0 aliphatic heterocycles. The zero-order valence-electron chi connectivity index (χ0n) is 17.1. The number of aromatic nitrogens is 2. The first-order valence-corrected chi connectivity index (χ1v) is 9.35. The van der Waals surface area contributed by atoms with Crippen molar-refractivity contribution in [2.24, 2.45) is 0 Å². The summed E-state index contributed by atoms with van der Waals surface area (Å²) in [6, 6.07) is 12.8. The molecule has 0 fully saturated rings. The Morgan fingerprint density at radius 3 is 1.90 bits per heavy atom. The molecule has 3 rings (SSSR count). The van der Waals surface area contributed by atoms with Gasteiger partial charge in [0.15, 0.2) is 5.82 Å². The lowest BCUT2D eigenvalue weighted by atomic mass is 10.0. The van der Waals surface area contributed by atoms with E-state index < -0.39 is 17.6 Å². The fourth-order valence-electron chi connectivity index (χ4n) is 2.97. The lowest BCUT2D eigenvalue weighted by Crippen LogP contribution is -2.21. The summed E-state index contributed by atoms with van der Waals surface area (Å²) < 4.78 is 54.1. The molecule has 2 aromatic carbocycles. The van der Waals surface area contributed by atoms with Crippen LogP contribution in [-0.2, 0) is 6.18 Å². The second kappa shape index (κ2) is 8.30. The fraction of sp³-hybridized carbons (Fsp3) is 0.273. The Balaban J connectivity index is 2.04. The summed E-state index contributed by atoms with van der Waals surface area (Å²) in [6.45, 7) is 4.09. The van der Waals surface area contributed by atoms with Crippen molar-refractivity contribution in [3.63, 3.8) is 0 Å². The maximum Gasteiger partial charge on any atom is 0.421 e. The molecular formula is C22H22F4N4. The summed E-state index contributed by atoms with van der Waals surface area (Å²) >= 11 is 0. The highest BCUT2D eigenvalue weighted by atomic mass is 19.4. The van der Waals surface area contributed by atoms with Crippen LogP contribution in [-0.4, -0.2) is 24.1 Å². The van der Waals surface area contributed by atoms with Crippen molar-refractivity contribution in [3.05, 3.63) is 71.7 Å². The van der Waals surface area contributed by atoms with E-state index in [4.69, 9.17) is 0 Å². The van der Waals surface area contributed by atoms with Crippen LogP contribution in [0.15, 0.2) is 54.7 Å². The van der Waals surface area contributed by atoms with Gasteiger partial charge in [-0.25, -0.2) is 9.37 Å². The van der Waals surface area contributed by atoms with Gasteiger partial charge in [-0.3, -0.25) is 0 Å². The Morgan fingerprint density at radius 2 is 1.37 bits per heavy atom. The monoisotopic (exact) mass is 418 g/mol. The quantitative estimate of drug-likeness (QED) is 0.456. The van der Waals surface area contributed by atoms with Crippen molar-refractivity contribution in [1.82, 2.24) is 9.97 Å². The minimum atomic E-state index is -4.62. The molecule has 1 aromatic heterocycles. The second-order valence-electron chi connectivity index (χ2n) is 7.25. The number of halogens is 4. The van der Waals surface area contributed by atoms with E-state index in [1.165, 1.54) is 41.1 Å². The highest BCUT2D eigenvalue weighted by molar-refractivity contribution is 5.66. The van der Waals surface area contributed by atoms with Gasteiger partial charge in [0.25, 0.3) is 0 Å². The number of benzene rings is 2. The molecule has 0 saturated carbocycles. The molecule has 1 heterocycles. The minimum Gasteiger partial charge on any atom is -0.329 e. The van der Waals surface area contributed by atoms with Gasteiger partial charge >= 0.3 is 6.18 Å². The molecule has 158 valence electrons. The molecule has 0 bridgehead atoms. The molecule has 0 atom stereocenters. The topological polar surface area (TPSA) is 32.3 Å².